The number of methoxy groups -OCH3 is 1. The van der Waals surface area contributed by atoms with Crippen molar-refractivity contribution in [2.75, 3.05) is 7.11 Å². The van der Waals surface area contributed by atoms with E-state index in [0.29, 0.717) is 23.1 Å². The molecule has 0 saturated heterocycles. The highest BCUT2D eigenvalue weighted by Crippen LogP contribution is 2.17. The van der Waals surface area contributed by atoms with Crippen LogP contribution in [0.25, 0.3) is 0 Å². The van der Waals surface area contributed by atoms with E-state index in [1.54, 1.807) is 38.3 Å². The summed E-state index contributed by atoms with van der Waals surface area (Å²) in [5, 5.41) is 6.98. The molecule has 1 fully saturated rings. The maximum atomic E-state index is 12.0. The molecule has 0 atom stereocenters. The van der Waals surface area contributed by atoms with Crippen molar-refractivity contribution in [1.29, 1.82) is 0 Å². The third kappa shape index (κ3) is 5.39. The molecular formula is C17H23N3O3. The highest BCUT2D eigenvalue weighted by atomic mass is 16.5. The molecule has 1 aliphatic rings. The van der Waals surface area contributed by atoms with Gasteiger partial charge in [-0.1, -0.05) is 18.9 Å². The number of hydrogen-bond donors (Lipinski definition) is 2. The summed E-state index contributed by atoms with van der Waals surface area (Å²) in [7, 11) is 1.54. The van der Waals surface area contributed by atoms with Crippen molar-refractivity contribution >= 4 is 17.5 Å². The molecule has 6 nitrogen and oxygen atoms in total. The third-order valence-corrected chi connectivity index (χ3v) is 3.82. The van der Waals surface area contributed by atoms with Crippen LogP contribution >= 0.6 is 0 Å². The lowest BCUT2D eigenvalue weighted by molar-refractivity contribution is -0.120. The van der Waals surface area contributed by atoms with Crippen LogP contribution in [-0.2, 0) is 4.79 Å². The van der Waals surface area contributed by atoms with Gasteiger partial charge in [0.1, 0.15) is 5.75 Å². The van der Waals surface area contributed by atoms with Gasteiger partial charge in [-0.2, -0.15) is 5.10 Å². The predicted molar refractivity (Wildman–Crippen MR) is 88.6 cm³/mol. The summed E-state index contributed by atoms with van der Waals surface area (Å²) in [6.07, 6.45) is 4.64. The van der Waals surface area contributed by atoms with E-state index in [1.807, 2.05) is 0 Å². The average molecular weight is 317 g/mol. The summed E-state index contributed by atoms with van der Waals surface area (Å²) in [6.45, 7) is 1.72. The quantitative estimate of drug-likeness (QED) is 0.624. The number of hydrazone groups is 1. The van der Waals surface area contributed by atoms with Gasteiger partial charge in [-0.15, -0.1) is 0 Å². The van der Waals surface area contributed by atoms with Crippen LogP contribution in [0.5, 0.6) is 5.75 Å². The zero-order valence-electron chi connectivity index (χ0n) is 13.6. The Morgan fingerprint density at radius 1 is 1.30 bits per heavy atom. The van der Waals surface area contributed by atoms with Crippen LogP contribution in [0.1, 0.15) is 49.4 Å². The van der Waals surface area contributed by atoms with E-state index < -0.39 is 0 Å². The molecule has 6 heteroatoms. The van der Waals surface area contributed by atoms with Crippen LogP contribution in [0.3, 0.4) is 0 Å². The van der Waals surface area contributed by atoms with Crippen LogP contribution in [-0.4, -0.2) is 30.7 Å². The number of carbonyl (C=O) groups is 2. The largest absolute Gasteiger partial charge is 0.497 e. The van der Waals surface area contributed by atoms with Crippen molar-refractivity contribution in [3.63, 3.8) is 0 Å². The number of amides is 2. The second-order valence-electron chi connectivity index (χ2n) is 5.75. The molecule has 0 heterocycles. The molecule has 0 bridgehead atoms. The van der Waals surface area contributed by atoms with Gasteiger partial charge in [-0.25, -0.2) is 5.43 Å². The van der Waals surface area contributed by atoms with E-state index >= 15 is 0 Å². The standard InChI is InChI=1S/C17H23N3O3/c1-12(10-16(21)18-14-7-3-4-8-14)19-20-17(22)13-6-5-9-15(11-13)23-2/h5-6,9,11,14H,3-4,7-8,10H2,1-2H3,(H,18,21)(H,20,22). The monoisotopic (exact) mass is 317 g/mol. The van der Waals surface area contributed by atoms with Gasteiger partial charge in [0, 0.05) is 17.3 Å². The molecule has 0 radical (unpaired) electrons. The van der Waals surface area contributed by atoms with Gasteiger partial charge < -0.3 is 10.1 Å². The number of hydrogen-bond acceptors (Lipinski definition) is 4. The molecule has 2 amide bonds. The first-order valence-electron chi connectivity index (χ1n) is 7.85. The van der Waals surface area contributed by atoms with Gasteiger partial charge >= 0.3 is 0 Å². The lowest BCUT2D eigenvalue weighted by Gasteiger charge is -2.11. The number of nitrogens with zero attached hydrogens (tertiary/aromatic N) is 1. The fourth-order valence-corrected chi connectivity index (χ4v) is 2.60. The second-order valence-corrected chi connectivity index (χ2v) is 5.75. The Hall–Kier alpha value is -2.37. The van der Waals surface area contributed by atoms with E-state index in [0.717, 1.165) is 12.8 Å². The SMILES string of the molecule is COc1cccc(C(=O)NN=C(C)CC(=O)NC2CCCC2)c1. The molecule has 1 aromatic rings. The predicted octanol–water partition coefficient (Wildman–Crippen LogP) is 2.25. The van der Waals surface area contributed by atoms with Gasteiger partial charge in [-0.3, -0.25) is 9.59 Å². The summed E-state index contributed by atoms with van der Waals surface area (Å²) in [6, 6.07) is 7.10. The minimum atomic E-state index is -0.334. The lowest BCUT2D eigenvalue weighted by atomic mass is 10.2. The topological polar surface area (TPSA) is 79.8 Å². The second kappa shape index (κ2) is 8.31. The van der Waals surface area contributed by atoms with E-state index in [9.17, 15) is 9.59 Å². The molecule has 2 N–H and O–H groups in total. The van der Waals surface area contributed by atoms with E-state index in [4.69, 9.17) is 4.74 Å². The smallest absolute Gasteiger partial charge is 0.271 e. The fourth-order valence-electron chi connectivity index (χ4n) is 2.60. The van der Waals surface area contributed by atoms with Gasteiger partial charge in [0.25, 0.3) is 5.91 Å². The number of rotatable bonds is 6. The van der Waals surface area contributed by atoms with Crippen molar-refractivity contribution in [3.05, 3.63) is 29.8 Å². The van der Waals surface area contributed by atoms with Crippen LogP contribution in [0.15, 0.2) is 29.4 Å². The minimum absolute atomic E-state index is 0.0474. The summed E-state index contributed by atoms with van der Waals surface area (Å²) < 4.78 is 5.08. The first-order valence-corrected chi connectivity index (χ1v) is 7.85. The molecule has 23 heavy (non-hydrogen) atoms. The third-order valence-electron chi connectivity index (χ3n) is 3.82. The lowest BCUT2D eigenvalue weighted by Crippen LogP contribution is -2.33. The number of benzene rings is 1. The molecule has 1 saturated carbocycles. The maximum Gasteiger partial charge on any atom is 0.271 e. The van der Waals surface area contributed by atoms with Crippen molar-refractivity contribution in [1.82, 2.24) is 10.7 Å². The molecule has 0 spiro atoms. The summed E-state index contributed by atoms with van der Waals surface area (Å²) in [5.41, 5.74) is 3.48. The van der Waals surface area contributed by atoms with Gasteiger partial charge in [-0.05, 0) is 38.0 Å². The normalized spacial score (nSPS) is 15.3. The molecule has 0 unspecified atom stereocenters. The van der Waals surface area contributed by atoms with Crippen LogP contribution in [0.4, 0.5) is 0 Å². The molecule has 124 valence electrons. The van der Waals surface area contributed by atoms with Crippen LogP contribution in [0.2, 0.25) is 0 Å². The van der Waals surface area contributed by atoms with Gasteiger partial charge in [0.2, 0.25) is 5.91 Å². The average Bonchev–Trinajstić information content (AvgIpc) is 3.05. The zero-order chi connectivity index (χ0) is 16.7. The fraction of sp³-hybridized carbons (Fsp3) is 0.471. The highest BCUT2D eigenvalue weighted by molar-refractivity contribution is 6.01. The zero-order valence-corrected chi connectivity index (χ0v) is 13.6. The Morgan fingerprint density at radius 3 is 2.74 bits per heavy atom. The molecule has 1 aromatic carbocycles. The first-order chi connectivity index (χ1) is 11.1. The number of carbonyl (C=O) groups excluding carboxylic acids is 2. The maximum absolute atomic E-state index is 12.0. The summed E-state index contributed by atoms with van der Waals surface area (Å²) in [5.74, 6) is 0.225. The molecule has 1 aliphatic carbocycles. The Labute approximate surface area is 136 Å². The summed E-state index contributed by atoms with van der Waals surface area (Å²) in [4.78, 5) is 23.9. The van der Waals surface area contributed by atoms with Crippen LogP contribution < -0.4 is 15.5 Å². The van der Waals surface area contributed by atoms with Crippen molar-refractivity contribution in [2.24, 2.45) is 5.10 Å². The molecule has 0 aromatic heterocycles. The summed E-state index contributed by atoms with van der Waals surface area (Å²) >= 11 is 0. The highest BCUT2D eigenvalue weighted by Gasteiger charge is 2.17. The first kappa shape index (κ1) is 17.0. The van der Waals surface area contributed by atoms with Crippen molar-refractivity contribution in [2.45, 2.75) is 45.1 Å². The van der Waals surface area contributed by atoms with Crippen LogP contribution in [0, 0.1) is 0 Å². The van der Waals surface area contributed by atoms with Crippen molar-refractivity contribution in [3.8, 4) is 5.75 Å². The number of nitrogens with one attached hydrogen (secondary N) is 2. The van der Waals surface area contributed by atoms with E-state index in [2.05, 4.69) is 15.8 Å². The Bertz CT molecular complexity index is 593. The number of ether oxygens (including phenoxy) is 1. The van der Waals surface area contributed by atoms with E-state index in [-0.39, 0.29) is 18.2 Å². The Balaban J connectivity index is 1.83. The molecule has 0 aliphatic heterocycles. The minimum Gasteiger partial charge on any atom is -0.497 e. The molecule has 2 rings (SSSR count). The van der Waals surface area contributed by atoms with Gasteiger partial charge in [0.05, 0.1) is 13.5 Å². The Morgan fingerprint density at radius 2 is 2.04 bits per heavy atom. The van der Waals surface area contributed by atoms with Gasteiger partial charge in [0.15, 0.2) is 0 Å². The van der Waals surface area contributed by atoms with Crippen molar-refractivity contribution < 1.29 is 14.3 Å². The molecular weight excluding hydrogens is 294 g/mol. The Kier molecular flexibility index (Phi) is 6.14. The van der Waals surface area contributed by atoms with E-state index in [1.165, 1.54) is 12.8 Å².